The monoisotopic (exact) mass is 191 g/mol. The van der Waals surface area contributed by atoms with Gasteiger partial charge in [-0.2, -0.15) is 0 Å². The van der Waals surface area contributed by atoms with Crippen LogP contribution in [0.4, 0.5) is 0 Å². The third-order valence-electron chi connectivity index (χ3n) is 1.15. The molecule has 0 aromatic carbocycles. The van der Waals surface area contributed by atoms with E-state index in [1.807, 2.05) is 0 Å². The Morgan fingerprint density at radius 1 is 1.64 bits per heavy atom. The average Bonchev–Trinajstić information content (AvgIpc) is 1.82. The first-order valence-corrected chi connectivity index (χ1v) is 7.81. The summed E-state index contributed by atoms with van der Waals surface area (Å²) in [5.74, 6) is 0.244. The van der Waals surface area contributed by atoms with E-state index in [4.69, 9.17) is 3.87 Å². The van der Waals surface area contributed by atoms with Gasteiger partial charge in [0.1, 0.15) is 5.37 Å². The fourth-order valence-electron chi connectivity index (χ4n) is 0.549. The molecule has 1 atom stereocenters. The van der Waals surface area contributed by atoms with Crippen LogP contribution in [0.1, 0.15) is 0 Å². The zero-order valence-corrected chi connectivity index (χ0v) is 8.83. The van der Waals surface area contributed by atoms with Crippen molar-refractivity contribution in [2.24, 2.45) is 0 Å². The van der Waals surface area contributed by atoms with Crippen LogP contribution in [0.2, 0.25) is 19.6 Å². The van der Waals surface area contributed by atoms with Gasteiger partial charge in [-0.05, 0) is 19.6 Å². The quantitative estimate of drug-likeness (QED) is 0.533. The fourth-order valence-corrected chi connectivity index (χ4v) is 2.43. The van der Waals surface area contributed by atoms with Crippen molar-refractivity contribution in [1.29, 1.82) is 0 Å². The molecule has 0 spiro atoms. The summed E-state index contributed by atoms with van der Waals surface area (Å²) in [6.07, 6.45) is 0. The molecule has 1 saturated heterocycles. The van der Waals surface area contributed by atoms with Crippen molar-refractivity contribution in [2.75, 3.05) is 6.54 Å². The first kappa shape index (κ1) is 9.25. The average molecular weight is 191 g/mol. The number of hydrogen-bond donors (Lipinski definition) is 1. The maximum Gasteiger partial charge on any atom is 0.202 e. The predicted molar refractivity (Wildman–Crippen MR) is 48.8 cm³/mol. The van der Waals surface area contributed by atoms with E-state index in [0.717, 1.165) is 0 Å². The van der Waals surface area contributed by atoms with Gasteiger partial charge in [0.05, 0.1) is 6.54 Å². The molecule has 0 amide bonds. The Bertz CT molecular complexity index is 168. The highest BCUT2D eigenvalue weighted by Gasteiger charge is 2.30. The Labute approximate surface area is 72.2 Å². The molecule has 64 valence electrons. The minimum absolute atomic E-state index is 0.0956. The summed E-state index contributed by atoms with van der Waals surface area (Å²) >= 11 is 1.28. The number of rotatable bonds is 3. The maximum atomic E-state index is 10.8. The Morgan fingerprint density at radius 2 is 2.27 bits per heavy atom. The summed E-state index contributed by atoms with van der Waals surface area (Å²) in [4.78, 5) is 10.8. The van der Waals surface area contributed by atoms with Crippen molar-refractivity contribution in [3.63, 3.8) is 0 Å². The summed E-state index contributed by atoms with van der Waals surface area (Å²) in [6.45, 7) is 6.81. The molecule has 11 heavy (non-hydrogen) atoms. The second-order valence-corrected chi connectivity index (χ2v) is 9.07. The Kier molecular flexibility index (Phi) is 2.74. The number of nitrogens with one attached hydrogen (secondary N) is 1. The first-order valence-electron chi connectivity index (χ1n) is 3.60. The van der Waals surface area contributed by atoms with Crippen LogP contribution in [0.5, 0.6) is 0 Å². The summed E-state index contributed by atoms with van der Waals surface area (Å²) < 4.78 is 5.48. The van der Waals surface area contributed by atoms with Crippen LogP contribution in [0, 0.1) is 0 Å². The number of ketones is 1. The van der Waals surface area contributed by atoms with Crippen molar-refractivity contribution in [2.45, 2.75) is 25.0 Å². The van der Waals surface area contributed by atoms with E-state index in [0.29, 0.717) is 6.54 Å². The molecular formula is C6H13NO2SSi. The number of carbonyl (C=O) groups excluding carboxylic acids is 1. The van der Waals surface area contributed by atoms with Gasteiger partial charge in [-0.25, -0.2) is 0 Å². The first-order chi connectivity index (χ1) is 4.99. The number of Topliss-reactive ketones (excluding diaryl/α,β-unsaturated/α-hetero) is 1. The topological polar surface area (TPSA) is 38.3 Å². The molecule has 1 heterocycles. The molecule has 1 N–H and O–H groups in total. The van der Waals surface area contributed by atoms with Gasteiger partial charge in [-0.1, -0.05) is 0 Å². The Balaban J connectivity index is 2.17. The summed E-state index contributed by atoms with van der Waals surface area (Å²) in [7, 11) is -1.46. The predicted octanol–water partition coefficient (Wildman–Crippen LogP) is 0.984. The normalized spacial score (nSPS) is 25.0. The van der Waals surface area contributed by atoms with Gasteiger partial charge in [-0.15, -0.1) is 0 Å². The minimum atomic E-state index is -1.46. The third-order valence-corrected chi connectivity index (χ3v) is 4.16. The van der Waals surface area contributed by atoms with E-state index in [-0.39, 0.29) is 11.2 Å². The van der Waals surface area contributed by atoms with E-state index in [9.17, 15) is 4.79 Å². The molecule has 0 aromatic heterocycles. The van der Waals surface area contributed by atoms with Crippen LogP contribution >= 0.6 is 12.0 Å². The molecule has 5 heteroatoms. The summed E-state index contributed by atoms with van der Waals surface area (Å²) in [5.41, 5.74) is 0. The van der Waals surface area contributed by atoms with Crippen LogP contribution in [-0.2, 0) is 8.67 Å². The van der Waals surface area contributed by atoms with Crippen molar-refractivity contribution < 1.29 is 8.67 Å². The van der Waals surface area contributed by atoms with Gasteiger partial charge >= 0.3 is 0 Å². The van der Waals surface area contributed by atoms with Crippen LogP contribution in [0.25, 0.3) is 0 Å². The van der Waals surface area contributed by atoms with Gasteiger partial charge in [-0.3, -0.25) is 10.1 Å². The molecule has 1 rings (SSSR count). The van der Waals surface area contributed by atoms with Gasteiger partial charge in [0.25, 0.3) is 0 Å². The maximum absolute atomic E-state index is 10.8. The second kappa shape index (κ2) is 3.26. The van der Waals surface area contributed by atoms with Crippen LogP contribution in [-0.4, -0.2) is 26.0 Å². The Hall–Kier alpha value is 0.157. The van der Waals surface area contributed by atoms with Crippen molar-refractivity contribution in [1.82, 2.24) is 5.32 Å². The van der Waals surface area contributed by atoms with Gasteiger partial charge in [0.15, 0.2) is 5.78 Å². The second-order valence-electron chi connectivity index (χ2n) is 3.52. The lowest BCUT2D eigenvalue weighted by atomic mass is 10.3. The van der Waals surface area contributed by atoms with E-state index >= 15 is 0 Å². The number of hydrogen-bond acceptors (Lipinski definition) is 4. The van der Waals surface area contributed by atoms with E-state index in [1.165, 1.54) is 12.0 Å². The molecule has 0 saturated carbocycles. The molecule has 0 aromatic rings. The van der Waals surface area contributed by atoms with Gasteiger partial charge < -0.3 is 3.87 Å². The van der Waals surface area contributed by atoms with Crippen LogP contribution in [0.3, 0.4) is 0 Å². The summed E-state index contributed by atoms with van der Waals surface area (Å²) in [6, 6.07) is 0. The zero-order valence-electron chi connectivity index (χ0n) is 7.01. The highest BCUT2D eigenvalue weighted by molar-refractivity contribution is 7.97. The largest absolute Gasteiger partial charge is 0.356 e. The highest BCUT2D eigenvalue weighted by atomic mass is 32.2. The number of carbonyl (C=O) groups is 1. The lowest BCUT2D eigenvalue weighted by Gasteiger charge is -2.27. The highest BCUT2D eigenvalue weighted by Crippen LogP contribution is 2.21. The molecule has 1 aliphatic heterocycles. The van der Waals surface area contributed by atoms with Crippen LogP contribution < -0.4 is 5.32 Å². The van der Waals surface area contributed by atoms with E-state index < -0.39 is 8.32 Å². The molecular weight excluding hydrogens is 178 g/mol. The van der Waals surface area contributed by atoms with Gasteiger partial charge in [0.2, 0.25) is 8.32 Å². The smallest absolute Gasteiger partial charge is 0.202 e. The Morgan fingerprint density at radius 3 is 2.55 bits per heavy atom. The van der Waals surface area contributed by atoms with E-state index in [1.54, 1.807) is 0 Å². The third kappa shape index (κ3) is 2.94. The van der Waals surface area contributed by atoms with Crippen LogP contribution in [0.15, 0.2) is 0 Å². The minimum Gasteiger partial charge on any atom is -0.356 e. The van der Waals surface area contributed by atoms with Gasteiger partial charge in [0, 0.05) is 12.0 Å². The molecule has 1 fully saturated rings. The van der Waals surface area contributed by atoms with Crippen molar-refractivity contribution >= 4 is 26.1 Å². The molecule has 0 radical (unpaired) electrons. The summed E-state index contributed by atoms with van der Waals surface area (Å²) in [5, 5.41) is 2.88. The molecule has 0 bridgehead atoms. The van der Waals surface area contributed by atoms with E-state index in [2.05, 4.69) is 25.0 Å². The van der Waals surface area contributed by atoms with Crippen molar-refractivity contribution in [3.05, 3.63) is 0 Å². The molecule has 1 aliphatic rings. The molecule has 0 aliphatic carbocycles. The zero-order chi connectivity index (χ0) is 8.48. The fraction of sp³-hybridized carbons (Fsp3) is 0.833. The standard InChI is InChI=1S/C6H13NO2SSi/c1-11(2,3)9-10-6-5(8)4-7-6/h6-7H,4H2,1-3H3. The lowest BCUT2D eigenvalue weighted by Crippen LogP contribution is -2.52. The SMILES string of the molecule is C[Si](C)(C)OSC1NCC1=O. The van der Waals surface area contributed by atoms with Crippen molar-refractivity contribution in [3.8, 4) is 0 Å². The molecule has 3 nitrogen and oxygen atoms in total. The molecule has 1 unspecified atom stereocenters. The lowest BCUT2D eigenvalue weighted by molar-refractivity contribution is -0.122.